The molecule has 26 heteroatoms. The molecule has 9 amide bonds. The molecule has 0 radical (unpaired) electrons. The number of aliphatic hydroxyl groups excluding tert-OH is 1. The zero-order valence-corrected chi connectivity index (χ0v) is 46.2. The summed E-state index contributed by atoms with van der Waals surface area (Å²) >= 11 is 0. The zero-order chi connectivity index (χ0) is 60.4. The van der Waals surface area contributed by atoms with Crippen LogP contribution < -0.4 is 37.6 Å². The number of primary amides is 1. The van der Waals surface area contributed by atoms with Gasteiger partial charge in [0.05, 0.1) is 31.3 Å². The first-order chi connectivity index (χ1) is 39.5. The number of hydrogen-bond donors (Lipinski definition) is 9. The molecule has 10 N–H and O–H groups in total. The second kappa shape index (κ2) is 28.9. The van der Waals surface area contributed by atoms with Crippen molar-refractivity contribution < 1.29 is 61.8 Å². The smallest absolute Gasteiger partial charge is 0.254 e. The van der Waals surface area contributed by atoms with Crippen molar-refractivity contribution >= 4 is 59.5 Å². The number of carbonyl (C=O) groups is 10. The van der Waals surface area contributed by atoms with Gasteiger partial charge in [0.2, 0.25) is 41.4 Å². The van der Waals surface area contributed by atoms with Gasteiger partial charge in [0.25, 0.3) is 11.8 Å². The third-order valence-electron chi connectivity index (χ3n) is 13.3. The number of benzene rings is 2. The van der Waals surface area contributed by atoms with Crippen molar-refractivity contribution in [3.63, 3.8) is 0 Å². The average molecular weight is 1150 g/mol. The number of halogens is 2. The van der Waals surface area contributed by atoms with Crippen molar-refractivity contribution in [1.82, 2.24) is 61.2 Å². The summed E-state index contributed by atoms with van der Waals surface area (Å²) in [6.07, 6.45) is 8.45. The minimum Gasteiger partial charge on any atom is -0.387 e. The Bertz CT molecular complexity index is 3150. The van der Waals surface area contributed by atoms with Crippen LogP contribution in [-0.2, 0) is 67.3 Å². The first kappa shape index (κ1) is 62.9. The number of pyridine rings is 1. The van der Waals surface area contributed by atoms with Gasteiger partial charge in [-0.15, -0.1) is 0 Å². The van der Waals surface area contributed by atoms with Crippen LogP contribution in [0.2, 0.25) is 0 Å². The van der Waals surface area contributed by atoms with Gasteiger partial charge in [0, 0.05) is 98.6 Å². The molecular weight excluding hydrogens is 1080 g/mol. The predicted molar refractivity (Wildman–Crippen MR) is 295 cm³/mol. The summed E-state index contributed by atoms with van der Waals surface area (Å²) in [5.41, 5.74) is 5.60. The van der Waals surface area contributed by atoms with E-state index in [1.54, 1.807) is 49.7 Å². The summed E-state index contributed by atoms with van der Waals surface area (Å²) < 4.78 is 31.9. The molecule has 6 rings (SSSR count). The number of aromatic nitrogens is 4. The van der Waals surface area contributed by atoms with Crippen LogP contribution in [0.3, 0.4) is 0 Å². The monoisotopic (exact) mass is 1150 g/mol. The summed E-state index contributed by atoms with van der Waals surface area (Å²) in [6, 6.07) is 11.3. The van der Waals surface area contributed by atoms with Crippen LogP contribution in [0, 0.1) is 17.0 Å². The number of hydrogen-bond acceptors (Lipinski definition) is 14. The van der Waals surface area contributed by atoms with Gasteiger partial charge in [-0.2, -0.15) is 0 Å². The highest BCUT2D eigenvalue weighted by Crippen LogP contribution is 2.41. The van der Waals surface area contributed by atoms with Gasteiger partial charge in [-0.25, -0.2) is 13.8 Å². The lowest BCUT2D eigenvalue weighted by atomic mass is 9.82. The van der Waals surface area contributed by atoms with Crippen LogP contribution in [0.4, 0.5) is 8.78 Å². The lowest BCUT2D eigenvalue weighted by molar-refractivity contribution is -0.141. The molecule has 1 aliphatic heterocycles. The minimum absolute atomic E-state index is 0.0711. The Morgan fingerprint density at radius 2 is 1.49 bits per heavy atom. The molecule has 0 aliphatic carbocycles. The second-order valence-electron chi connectivity index (χ2n) is 21.1. The summed E-state index contributed by atoms with van der Waals surface area (Å²) in [5.74, 6) is -8.86. The van der Waals surface area contributed by atoms with Crippen LogP contribution in [0.15, 0.2) is 110 Å². The molecule has 440 valence electrons. The van der Waals surface area contributed by atoms with Crippen LogP contribution in [0.5, 0.6) is 0 Å². The van der Waals surface area contributed by atoms with E-state index in [9.17, 15) is 57.4 Å². The van der Waals surface area contributed by atoms with Gasteiger partial charge in [0.15, 0.2) is 0 Å². The fourth-order valence-electron chi connectivity index (χ4n) is 9.26. The van der Waals surface area contributed by atoms with Crippen molar-refractivity contribution in [3.05, 3.63) is 144 Å². The molecule has 3 aromatic heterocycles. The Kier molecular flexibility index (Phi) is 21.9. The van der Waals surface area contributed by atoms with Crippen molar-refractivity contribution in [1.29, 1.82) is 0 Å². The van der Waals surface area contributed by atoms with E-state index in [1.165, 1.54) is 36.7 Å². The lowest BCUT2D eigenvalue weighted by Crippen LogP contribution is -2.60. The van der Waals surface area contributed by atoms with Gasteiger partial charge >= 0.3 is 0 Å². The molecule has 0 bridgehead atoms. The molecule has 2 aromatic carbocycles. The van der Waals surface area contributed by atoms with Crippen molar-refractivity contribution in [2.75, 3.05) is 39.3 Å². The maximum atomic E-state index is 15.5. The molecule has 24 nitrogen and oxygen atoms in total. The van der Waals surface area contributed by atoms with Gasteiger partial charge < -0.3 is 62.0 Å². The van der Waals surface area contributed by atoms with Gasteiger partial charge in [-0.3, -0.25) is 53.0 Å². The highest BCUT2D eigenvalue weighted by molar-refractivity contribution is 6.14. The Labute approximate surface area is 476 Å². The highest BCUT2D eigenvalue weighted by atomic mass is 19.1. The number of aromatic amines is 1. The molecule has 5 atom stereocenters. The maximum absolute atomic E-state index is 15.5. The fourth-order valence-corrected chi connectivity index (χ4v) is 9.26. The van der Waals surface area contributed by atoms with Gasteiger partial charge in [-0.1, -0.05) is 51.1 Å². The van der Waals surface area contributed by atoms with E-state index in [2.05, 4.69) is 46.9 Å². The van der Waals surface area contributed by atoms with Crippen LogP contribution in [0.25, 0.3) is 11.1 Å². The van der Waals surface area contributed by atoms with E-state index in [-0.39, 0.29) is 56.7 Å². The Morgan fingerprint density at radius 3 is 2.13 bits per heavy atom. The van der Waals surface area contributed by atoms with Crippen molar-refractivity contribution in [2.24, 2.45) is 11.1 Å². The Morgan fingerprint density at radius 1 is 0.819 bits per heavy atom. The number of nitrogens with one attached hydrogen (secondary N) is 7. The number of carbonyl (C=O) groups excluding carboxylic acids is 10. The Hall–Kier alpha value is -9.30. The molecule has 0 fully saturated rings. The number of nitrogens with zero attached hydrogens (tertiary/aromatic N) is 5. The standard InChI is InChI=1S/C57H67F2N13O11/c1-56(2,3)52(45-23-37(40-24-38(58)10-11-41(40)59)29-70(45)28-36-8-6-5-7-9-36)71(51(80)31-73)21-16-42(53(81)64-20-19-63-48(77)30-72-49(78)12-13-50(72)79)67-55(83)44(26-46(60)75)68-54(82)43(25-39-27-62-34-66-39)65-32-57(4,33-74)69-47(76)22-35-14-17-61-18-15-35/h5-15,17-18,23-24,27,29,33-34,42-44,52,65,73H,16,19-22,25-26,28,30-32H2,1-4H3,(H2,60,75)(H,62,66)(H,63,77)(H,64,81)(H,67,83)(H,68,82)(H,69,76)/t42-,43+,44-,52-,57+/m0/s1. The van der Waals surface area contributed by atoms with Crippen molar-refractivity contribution in [3.8, 4) is 11.1 Å². The average Bonchev–Trinajstić information content (AvgIpc) is 3.46. The van der Waals surface area contributed by atoms with Crippen LogP contribution >= 0.6 is 0 Å². The van der Waals surface area contributed by atoms with Gasteiger partial charge in [-0.05, 0) is 66.3 Å². The quantitative estimate of drug-likeness (QED) is 0.0171. The number of H-pyrrole nitrogens is 1. The third-order valence-corrected chi connectivity index (χ3v) is 13.3. The Balaban J connectivity index is 1.29. The van der Waals surface area contributed by atoms with E-state index >= 15 is 4.39 Å². The van der Waals surface area contributed by atoms with E-state index in [1.807, 2.05) is 30.3 Å². The second-order valence-corrected chi connectivity index (χ2v) is 21.1. The molecule has 1 aliphatic rings. The molecule has 4 heterocycles. The molecular formula is C57H67F2N13O11. The fraction of sp³-hybridized carbons (Fsp3) is 0.368. The van der Waals surface area contributed by atoms with E-state index < -0.39 is 126 Å². The third kappa shape index (κ3) is 18.1. The van der Waals surface area contributed by atoms with Crippen LogP contribution in [-0.4, -0.2) is 157 Å². The SMILES string of the molecule is CC(C)(C)[C@H](c1cc(-c2cc(F)ccc2F)cn1Cc1ccccc1)N(CC[C@H](NC(=O)[C@H](CC(N)=O)NC(=O)[C@@H](Cc1cnc[nH]1)NC[C@](C)(C=O)NC(=O)Cc1ccncc1)C(=O)NCCNC(=O)CN1C(=O)C=CC1=O)C(=O)CO. The zero-order valence-electron chi connectivity index (χ0n) is 46.2. The first-order valence-electron chi connectivity index (χ1n) is 26.4. The van der Waals surface area contributed by atoms with Gasteiger partial charge in [0.1, 0.15) is 48.7 Å². The predicted octanol–water partition coefficient (Wildman–Crippen LogP) is 0.418. The van der Waals surface area contributed by atoms with E-state index in [4.69, 9.17) is 5.73 Å². The number of amides is 9. The molecule has 0 saturated heterocycles. The minimum atomic E-state index is -1.77. The number of aldehydes is 1. The number of aliphatic hydroxyl groups is 1. The topological polar surface area (TPSA) is 342 Å². The lowest BCUT2D eigenvalue weighted by Gasteiger charge is -2.41. The highest BCUT2D eigenvalue weighted by Gasteiger charge is 2.39. The largest absolute Gasteiger partial charge is 0.387 e. The first-order valence-corrected chi connectivity index (χ1v) is 26.4. The number of imidazole rings is 1. The van der Waals surface area contributed by atoms with E-state index in [0.717, 1.165) is 35.9 Å². The molecule has 0 unspecified atom stereocenters. The number of imide groups is 1. The summed E-state index contributed by atoms with van der Waals surface area (Å²) in [7, 11) is 0. The molecule has 0 spiro atoms. The molecule has 83 heavy (non-hydrogen) atoms. The summed E-state index contributed by atoms with van der Waals surface area (Å²) in [4.78, 5) is 145. The number of nitrogens with two attached hydrogens (primary N) is 1. The molecule has 0 saturated carbocycles. The molecule has 5 aromatic rings. The maximum Gasteiger partial charge on any atom is 0.254 e. The number of rotatable bonds is 30. The van der Waals surface area contributed by atoms with E-state index in [0.29, 0.717) is 28.1 Å². The normalized spacial score (nSPS) is 14.4. The van der Waals surface area contributed by atoms with Crippen LogP contribution in [0.1, 0.15) is 69.1 Å². The van der Waals surface area contributed by atoms with Crippen molar-refractivity contribution in [2.45, 2.75) is 89.6 Å². The summed E-state index contributed by atoms with van der Waals surface area (Å²) in [6.45, 7) is 4.13. The summed E-state index contributed by atoms with van der Waals surface area (Å²) in [5, 5.41) is 26.4.